The van der Waals surface area contributed by atoms with Crippen LogP contribution in [0.4, 0.5) is 0 Å². The molecule has 4 nitrogen and oxygen atoms in total. The number of aliphatic imine (C=N–C) groups is 1. The fraction of sp³-hybridized carbons (Fsp3) is 0.571. The minimum absolute atomic E-state index is 0. The van der Waals surface area contributed by atoms with Crippen LogP contribution in [-0.2, 0) is 6.42 Å². The fourth-order valence-corrected chi connectivity index (χ4v) is 2.44. The van der Waals surface area contributed by atoms with E-state index in [0.717, 1.165) is 49.0 Å². The van der Waals surface area contributed by atoms with E-state index >= 15 is 0 Å². The van der Waals surface area contributed by atoms with Crippen LogP contribution < -0.4 is 5.32 Å². The van der Waals surface area contributed by atoms with Gasteiger partial charge in [0.2, 0.25) is 0 Å². The van der Waals surface area contributed by atoms with Gasteiger partial charge < -0.3 is 10.2 Å². The molecule has 0 amide bonds. The summed E-state index contributed by atoms with van der Waals surface area (Å²) in [6.07, 6.45) is 5.03. The first-order chi connectivity index (χ1) is 9.17. The Morgan fingerprint density at radius 2 is 2.35 bits per heavy atom. The van der Waals surface area contributed by atoms with E-state index in [-0.39, 0.29) is 24.0 Å². The Labute approximate surface area is 143 Å². The van der Waals surface area contributed by atoms with E-state index in [2.05, 4.69) is 39.2 Å². The Morgan fingerprint density at radius 1 is 1.60 bits per heavy atom. The predicted octanol–water partition coefficient (Wildman–Crippen LogP) is 3.09. The van der Waals surface area contributed by atoms with Crippen molar-refractivity contribution in [2.75, 3.05) is 27.2 Å². The molecule has 0 unspecified atom stereocenters. The lowest BCUT2D eigenvalue weighted by Gasteiger charge is -2.21. The number of nitrogens with zero attached hydrogens (tertiary/aromatic N) is 3. The standard InChI is InChI=1S/C14H24N4S.HI/c1-5-6-7-10-18(4)14(15-3)16-9-8-13-11-19-12(2)17-13;/h5,11H,1,6-10H2,2-4H3,(H,15,16);1H. The van der Waals surface area contributed by atoms with Crippen molar-refractivity contribution in [2.45, 2.75) is 26.2 Å². The second kappa shape index (κ2) is 11.1. The van der Waals surface area contributed by atoms with E-state index in [9.17, 15) is 0 Å². The summed E-state index contributed by atoms with van der Waals surface area (Å²) in [5.41, 5.74) is 1.15. The van der Waals surface area contributed by atoms with E-state index < -0.39 is 0 Å². The van der Waals surface area contributed by atoms with Crippen LogP contribution in [-0.4, -0.2) is 43.0 Å². The Morgan fingerprint density at radius 3 is 2.90 bits per heavy atom. The quantitative estimate of drug-likeness (QED) is 0.248. The topological polar surface area (TPSA) is 40.5 Å². The molecular formula is C14H25IN4S. The van der Waals surface area contributed by atoms with Gasteiger partial charge in [-0.05, 0) is 19.8 Å². The van der Waals surface area contributed by atoms with E-state index in [4.69, 9.17) is 0 Å². The number of guanidine groups is 1. The Balaban J connectivity index is 0.00000361. The van der Waals surface area contributed by atoms with Gasteiger partial charge in [0.1, 0.15) is 0 Å². The highest BCUT2D eigenvalue weighted by atomic mass is 127. The summed E-state index contributed by atoms with van der Waals surface area (Å²) in [6, 6.07) is 0. The second-order valence-corrected chi connectivity index (χ2v) is 5.50. The summed E-state index contributed by atoms with van der Waals surface area (Å²) in [7, 11) is 3.88. The summed E-state index contributed by atoms with van der Waals surface area (Å²) in [6.45, 7) is 7.62. The van der Waals surface area contributed by atoms with Crippen LogP contribution in [0, 0.1) is 6.92 Å². The molecule has 0 aliphatic rings. The summed E-state index contributed by atoms with van der Waals surface area (Å²) in [4.78, 5) is 10.9. The van der Waals surface area contributed by atoms with Crippen molar-refractivity contribution in [3.8, 4) is 0 Å². The summed E-state index contributed by atoms with van der Waals surface area (Å²) in [5, 5.41) is 6.61. The molecule has 0 aliphatic carbocycles. The third-order valence-electron chi connectivity index (χ3n) is 2.81. The lowest BCUT2D eigenvalue weighted by Crippen LogP contribution is -2.40. The lowest BCUT2D eigenvalue weighted by molar-refractivity contribution is 0.470. The average Bonchev–Trinajstić information content (AvgIpc) is 2.80. The van der Waals surface area contributed by atoms with E-state index in [0.29, 0.717) is 0 Å². The molecule has 0 saturated carbocycles. The molecule has 1 aromatic heterocycles. The highest BCUT2D eigenvalue weighted by molar-refractivity contribution is 14.0. The van der Waals surface area contributed by atoms with Gasteiger partial charge in [-0.25, -0.2) is 4.98 Å². The number of thiazole rings is 1. The fourth-order valence-electron chi connectivity index (χ4n) is 1.79. The van der Waals surface area contributed by atoms with Gasteiger partial charge in [-0.15, -0.1) is 41.9 Å². The first kappa shape index (κ1) is 19.4. The van der Waals surface area contributed by atoms with Crippen LogP contribution in [0.2, 0.25) is 0 Å². The molecule has 0 atom stereocenters. The first-order valence-corrected chi connectivity index (χ1v) is 7.49. The first-order valence-electron chi connectivity index (χ1n) is 6.61. The summed E-state index contributed by atoms with van der Waals surface area (Å²) < 4.78 is 0. The van der Waals surface area contributed by atoms with E-state index in [1.807, 2.05) is 20.0 Å². The largest absolute Gasteiger partial charge is 0.356 e. The molecule has 6 heteroatoms. The predicted molar refractivity (Wildman–Crippen MR) is 99.4 cm³/mol. The Hall–Kier alpha value is -0.630. The zero-order valence-corrected chi connectivity index (χ0v) is 15.7. The molecule has 0 spiro atoms. The van der Waals surface area contributed by atoms with E-state index in [1.54, 1.807) is 11.3 Å². The molecule has 114 valence electrons. The number of rotatable bonds is 7. The minimum Gasteiger partial charge on any atom is -0.356 e. The molecule has 1 aromatic rings. The zero-order valence-electron chi connectivity index (χ0n) is 12.6. The third-order valence-corrected chi connectivity index (χ3v) is 3.63. The SMILES string of the molecule is C=CCCCN(C)C(=NC)NCCc1csc(C)n1.I. The van der Waals surface area contributed by atoms with Gasteiger partial charge in [0.15, 0.2) is 5.96 Å². The molecule has 1 rings (SSSR count). The molecule has 1 N–H and O–H groups in total. The molecule has 0 aliphatic heterocycles. The maximum absolute atomic E-state index is 4.45. The number of halogens is 1. The van der Waals surface area contributed by atoms with Crippen LogP contribution in [0.3, 0.4) is 0 Å². The number of allylic oxidation sites excluding steroid dienone is 1. The molecular weight excluding hydrogens is 383 g/mol. The number of aryl methyl sites for hydroxylation is 1. The van der Waals surface area contributed by atoms with Crippen molar-refractivity contribution in [3.63, 3.8) is 0 Å². The van der Waals surface area contributed by atoms with Crippen LogP contribution in [0.1, 0.15) is 23.5 Å². The van der Waals surface area contributed by atoms with Gasteiger partial charge in [-0.3, -0.25) is 4.99 Å². The Bertz CT molecular complexity index is 417. The minimum atomic E-state index is 0. The molecule has 0 fully saturated rings. The third kappa shape index (κ3) is 7.23. The van der Waals surface area contributed by atoms with Crippen LogP contribution in [0.25, 0.3) is 0 Å². The number of aromatic nitrogens is 1. The van der Waals surface area contributed by atoms with Gasteiger partial charge in [-0.1, -0.05) is 6.08 Å². The molecule has 0 aromatic carbocycles. The van der Waals surface area contributed by atoms with E-state index in [1.165, 1.54) is 0 Å². The maximum Gasteiger partial charge on any atom is 0.193 e. The van der Waals surface area contributed by atoms with Gasteiger partial charge in [0.25, 0.3) is 0 Å². The Kier molecular flexibility index (Phi) is 10.7. The number of nitrogens with one attached hydrogen (secondary N) is 1. The molecule has 0 saturated heterocycles. The molecule has 0 radical (unpaired) electrons. The molecule has 1 heterocycles. The van der Waals surface area contributed by atoms with Crippen LogP contribution in [0.5, 0.6) is 0 Å². The van der Waals surface area contributed by atoms with Crippen molar-refractivity contribution >= 4 is 41.3 Å². The van der Waals surface area contributed by atoms with Gasteiger partial charge in [-0.2, -0.15) is 0 Å². The van der Waals surface area contributed by atoms with Gasteiger partial charge in [0.05, 0.1) is 10.7 Å². The number of unbranched alkanes of at least 4 members (excludes halogenated alkanes) is 1. The molecule has 20 heavy (non-hydrogen) atoms. The monoisotopic (exact) mass is 408 g/mol. The normalized spacial score (nSPS) is 10.8. The van der Waals surface area contributed by atoms with Crippen LogP contribution in [0.15, 0.2) is 23.0 Å². The highest BCUT2D eigenvalue weighted by Crippen LogP contribution is 2.07. The summed E-state index contributed by atoms with van der Waals surface area (Å²) >= 11 is 1.70. The average molecular weight is 408 g/mol. The smallest absolute Gasteiger partial charge is 0.193 e. The van der Waals surface area contributed by atoms with Gasteiger partial charge >= 0.3 is 0 Å². The van der Waals surface area contributed by atoms with Gasteiger partial charge in [0, 0.05) is 39.0 Å². The summed E-state index contributed by atoms with van der Waals surface area (Å²) in [5.74, 6) is 0.941. The van der Waals surface area contributed by atoms with Crippen molar-refractivity contribution in [1.29, 1.82) is 0 Å². The lowest BCUT2D eigenvalue weighted by atomic mass is 10.3. The van der Waals surface area contributed by atoms with Crippen molar-refractivity contribution in [1.82, 2.24) is 15.2 Å². The van der Waals surface area contributed by atoms with Crippen molar-refractivity contribution in [2.24, 2.45) is 4.99 Å². The van der Waals surface area contributed by atoms with Crippen molar-refractivity contribution in [3.05, 3.63) is 28.7 Å². The maximum atomic E-state index is 4.45. The van der Waals surface area contributed by atoms with Crippen LogP contribution >= 0.6 is 35.3 Å². The number of hydrogen-bond donors (Lipinski definition) is 1. The zero-order chi connectivity index (χ0) is 14.1. The number of hydrogen-bond acceptors (Lipinski definition) is 3. The second-order valence-electron chi connectivity index (χ2n) is 4.43. The van der Waals surface area contributed by atoms with Crippen molar-refractivity contribution < 1.29 is 0 Å². The molecule has 0 bridgehead atoms. The highest BCUT2D eigenvalue weighted by Gasteiger charge is 2.05.